The third-order valence-corrected chi connectivity index (χ3v) is 3.11. The molecule has 0 heterocycles. The van der Waals surface area contributed by atoms with Gasteiger partial charge in [0.05, 0.1) is 7.11 Å². The average Bonchev–Trinajstić information content (AvgIpc) is 2.48. The van der Waals surface area contributed by atoms with Gasteiger partial charge in [-0.3, -0.25) is 0 Å². The van der Waals surface area contributed by atoms with E-state index < -0.39 is 0 Å². The zero-order chi connectivity index (χ0) is 15.1. The smallest absolute Gasteiger partial charge is 0.131 e. The molecule has 0 atom stereocenters. The molecule has 0 unspecified atom stereocenters. The van der Waals surface area contributed by atoms with Gasteiger partial charge in [0.2, 0.25) is 0 Å². The van der Waals surface area contributed by atoms with E-state index in [0.29, 0.717) is 31.0 Å². The van der Waals surface area contributed by atoms with Crippen LogP contribution < -0.4 is 14.8 Å². The van der Waals surface area contributed by atoms with Crippen molar-refractivity contribution in [3.8, 4) is 11.5 Å². The summed E-state index contributed by atoms with van der Waals surface area (Å²) in [5, 5.41) is 3.16. The predicted octanol–water partition coefficient (Wildman–Crippen LogP) is 3.31. The molecule has 0 aliphatic rings. The van der Waals surface area contributed by atoms with Crippen LogP contribution in [-0.2, 0) is 6.54 Å². The summed E-state index contributed by atoms with van der Waals surface area (Å²) in [6.07, 6.45) is 0. The highest BCUT2D eigenvalue weighted by Crippen LogP contribution is 2.16. The van der Waals surface area contributed by atoms with E-state index in [-0.39, 0.29) is 5.82 Å². The first-order valence-corrected chi connectivity index (χ1v) is 6.91. The Labute approximate surface area is 124 Å². The van der Waals surface area contributed by atoms with E-state index in [1.165, 1.54) is 18.7 Å². The number of rotatable bonds is 7. The van der Waals surface area contributed by atoms with Gasteiger partial charge in [-0.15, -0.1) is 0 Å². The van der Waals surface area contributed by atoms with E-state index in [2.05, 4.69) is 5.32 Å². The lowest BCUT2D eigenvalue weighted by atomic mass is 10.2. The molecular formula is C17H20FNO2. The highest BCUT2D eigenvalue weighted by Gasteiger charge is 2.03. The first-order valence-electron chi connectivity index (χ1n) is 6.91. The molecule has 1 N–H and O–H groups in total. The summed E-state index contributed by atoms with van der Waals surface area (Å²) in [7, 11) is 1.52. The SMILES string of the molecule is COc1ccc(CNCCOc2cccc(C)c2)c(F)c1. The van der Waals surface area contributed by atoms with Crippen LogP contribution in [0.2, 0.25) is 0 Å². The Hall–Kier alpha value is -2.07. The molecule has 2 aromatic rings. The highest BCUT2D eigenvalue weighted by molar-refractivity contribution is 5.29. The summed E-state index contributed by atoms with van der Waals surface area (Å²) in [5.74, 6) is 1.12. The van der Waals surface area contributed by atoms with E-state index in [9.17, 15) is 4.39 Å². The second-order valence-electron chi connectivity index (χ2n) is 4.80. The van der Waals surface area contributed by atoms with Crippen LogP contribution in [0, 0.1) is 12.7 Å². The van der Waals surface area contributed by atoms with E-state index in [1.807, 2.05) is 31.2 Å². The molecule has 21 heavy (non-hydrogen) atoms. The highest BCUT2D eigenvalue weighted by atomic mass is 19.1. The number of ether oxygens (including phenoxy) is 2. The molecule has 0 saturated heterocycles. The van der Waals surface area contributed by atoms with Crippen molar-refractivity contribution in [3.63, 3.8) is 0 Å². The van der Waals surface area contributed by atoms with Crippen LogP contribution in [0.3, 0.4) is 0 Å². The predicted molar refractivity (Wildman–Crippen MR) is 81.3 cm³/mol. The molecular weight excluding hydrogens is 269 g/mol. The number of hydrogen-bond donors (Lipinski definition) is 1. The lowest BCUT2D eigenvalue weighted by molar-refractivity contribution is 0.313. The first-order chi connectivity index (χ1) is 10.2. The number of nitrogens with one attached hydrogen (secondary N) is 1. The Morgan fingerprint density at radius 3 is 2.67 bits per heavy atom. The van der Waals surface area contributed by atoms with Crippen molar-refractivity contribution in [3.05, 3.63) is 59.4 Å². The third kappa shape index (κ3) is 4.76. The summed E-state index contributed by atoms with van der Waals surface area (Å²) in [4.78, 5) is 0. The minimum atomic E-state index is -0.263. The van der Waals surface area contributed by atoms with Crippen molar-refractivity contribution < 1.29 is 13.9 Å². The van der Waals surface area contributed by atoms with E-state index in [1.54, 1.807) is 12.1 Å². The molecule has 112 valence electrons. The zero-order valence-corrected chi connectivity index (χ0v) is 12.4. The van der Waals surface area contributed by atoms with Gasteiger partial charge in [-0.25, -0.2) is 4.39 Å². The maximum Gasteiger partial charge on any atom is 0.131 e. The Morgan fingerprint density at radius 1 is 1.10 bits per heavy atom. The van der Waals surface area contributed by atoms with Crippen molar-refractivity contribution in [2.75, 3.05) is 20.3 Å². The van der Waals surface area contributed by atoms with Crippen molar-refractivity contribution in [1.82, 2.24) is 5.32 Å². The van der Waals surface area contributed by atoms with E-state index >= 15 is 0 Å². The van der Waals surface area contributed by atoms with Gasteiger partial charge in [0.1, 0.15) is 23.9 Å². The maximum atomic E-state index is 13.7. The van der Waals surface area contributed by atoms with Crippen LogP contribution in [0.15, 0.2) is 42.5 Å². The Bertz CT molecular complexity index is 587. The fraction of sp³-hybridized carbons (Fsp3) is 0.294. The standard InChI is InChI=1S/C17H20FNO2/c1-13-4-3-5-16(10-13)21-9-8-19-12-14-6-7-15(20-2)11-17(14)18/h3-7,10-11,19H,8-9,12H2,1-2H3. The summed E-state index contributed by atoms with van der Waals surface area (Å²) < 4.78 is 24.3. The summed E-state index contributed by atoms with van der Waals surface area (Å²) in [6.45, 7) is 3.69. The largest absolute Gasteiger partial charge is 0.497 e. The molecule has 4 heteroatoms. The number of aryl methyl sites for hydroxylation is 1. The fourth-order valence-corrected chi connectivity index (χ4v) is 1.97. The molecule has 0 aliphatic carbocycles. The summed E-state index contributed by atoms with van der Waals surface area (Å²) >= 11 is 0. The maximum absolute atomic E-state index is 13.7. The Balaban J connectivity index is 1.72. The van der Waals surface area contributed by atoms with Crippen LogP contribution in [0.5, 0.6) is 11.5 Å². The first kappa shape index (κ1) is 15.3. The second-order valence-corrected chi connectivity index (χ2v) is 4.80. The fourth-order valence-electron chi connectivity index (χ4n) is 1.97. The summed E-state index contributed by atoms with van der Waals surface area (Å²) in [6, 6.07) is 12.8. The van der Waals surface area contributed by atoms with Gasteiger partial charge in [-0.1, -0.05) is 18.2 Å². The zero-order valence-electron chi connectivity index (χ0n) is 12.4. The molecule has 0 aliphatic heterocycles. The minimum absolute atomic E-state index is 0.263. The molecule has 0 radical (unpaired) electrons. The number of benzene rings is 2. The van der Waals surface area contributed by atoms with Gasteiger partial charge in [-0.2, -0.15) is 0 Å². The molecule has 2 aromatic carbocycles. The van der Waals surface area contributed by atoms with Crippen molar-refractivity contribution in [2.45, 2.75) is 13.5 Å². The van der Waals surface area contributed by atoms with Crippen LogP contribution in [-0.4, -0.2) is 20.3 Å². The monoisotopic (exact) mass is 289 g/mol. The van der Waals surface area contributed by atoms with Gasteiger partial charge in [0.15, 0.2) is 0 Å². The van der Waals surface area contributed by atoms with Gasteiger partial charge in [-0.05, 0) is 30.7 Å². The molecule has 0 saturated carbocycles. The van der Waals surface area contributed by atoms with Crippen LogP contribution >= 0.6 is 0 Å². The molecule has 2 rings (SSSR count). The molecule has 0 spiro atoms. The van der Waals surface area contributed by atoms with Crippen molar-refractivity contribution in [1.29, 1.82) is 0 Å². The van der Waals surface area contributed by atoms with Gasteiger partial charge >= 0.3 is 0 Å². The average molecular weight is 289 g/mol. The Morgan fingerprint density at radius 2 is 1.95 bits per heavy atom. The van der Waals surface area contributed by atoms with Crippen molar-refractivity contribution >= 4 is 0 Å². The lowest BCUT2D eigenvalue weighted by Gasteiger charge is -2.09. The Kier molecular flexibility index (Phi) is 5.58. The lowest BCUT2D eigenvalue weighted by Crippen LogP contribution is -2.21. The topological polar surface area (TPSA) is 30.5 Å². The molecule has 3 nitrogen and oxygen atoms in total. The van der Waals surface area contributed by atoms with E-state index in [0.717, 1.165) is 5.75 Å². The number of methoxy groups -OCH3 is 1. The molecule has 0 aromatic heterocycles. The van der Waals surface area contributed by atoms with Gasteiger partial charge in [0, 0.05) is 24.7 Å². The van der Waals surface area contributed by atoms with Gasteiger partial charge < -0.3 is 14.8 Å². The second kappa shape index (κ2) is 7.64. The van der Waals surface area contributed by atoms with Crippen LogP contribution in [0.4, 0.5) is 4.39 Å². The normalized spacial score (nSPS) is 10.4. The number of hydrogen-bond acceptors (Lipinski definition) is 3. The summed E-state index contributed by atoms with van der Waals surface area (Å²) in [5.41, 5.74) is 1.78. The number of halogens is 1. The van der Waals surface area contributed by atoms with Crippen LogP contribution in [0.1, 0.15) is 11.1 Å². The third-order valence-electron chi connectivity index (χ3n) is 3.11. The van der Waals surface area contributed by atoms with Crippen molar-refractivity contribution in [2.24, 2.45) is 0 Å². The molecule has 0 fully saturated rings. The molecule has 0 bridgehead atoms. The van der Waals surface area contributed by atoms with Gasteiger partial charge in [0.25, 0.3) is 0 Å². The molecule has 0 amide bonds. The van der Waals surface area contributed by atoms with Crippen LogP contribution in [0.25, 0.3) is 0 Å². The quantitative estimate of drug-likeness (QED) is 0.793. The van der Waals surface area contributed by atoms with E-state index in [4.69, 9.17) is 9.47 Å². The minimum Gasteiger partial charge on any atom is -0.497 e.